The third kappa shape index (κ3) is 1.46. The normalized spacial score (nSPS) is 11.2. The Morgan fingerprint density at radius 3 is 2.88 bits per heavy atom. The lowest BCUT2D eigenvalue weighted by Crippen LogP contribution is -1.88. The summed E-state index contributed by atoms with van der Waals surface area (Å²) in [5.41, 5.74) is 10.7. The fraction of sp³-hybridized carbons (Fsp3) is 0.0833. The van der Waals surface area contributed by atoms with Crippen LogP contribution in [-0.2, 0) is 0 Å². The molecule has 4 N–H and O–H groups in total. The van der Waals surface area contributed by atoms with Crippen LogP contribution < -0.4 is 5.73 Å². The van der Waals surface area contributed by atoms with Crippen molar-refractivity contribution >= 4 is 32.5 Å². The quantitative estimate of drug-likeness (QED) is 0.644. The minimum absolute atomic E-state index is 0.657. The van der Waals surface area contributed by atoms with Crippen molar-refractivity contribution in [1.29, 1.82) is 0 Å². The number of nitrogens with one attached hydrogen (secondary N) is 2. The molecule has 3 aromatic rings. The maximum Gasteiger partial charge on any atom is 0.0904 e. The number of H-pyrrole nitrogens is 2. The molecule has 17 heavy (non-hydrogen) atoms. The molecular formula is C12H11BrN4. The van der Waals surface area contributed by atoms with Gasteiger partial charge in [0.1, 0.15) is 0 Å². The minimum Gasteiger partial charge on any atom is -0.396 e. The van der Waals surface area contributed by atoms with Crippen molar-refractivity contribution in [3.05, 3.63) is 34.6 Å². The lowest BCUT2D eigenvalue weighted by Gasteiger charge is -2.01. The van der Waals surface area contributed by atoms with Gasteiger partial charge in [-0.3, -0.25) is 5.10 Å². The van der Waals surface area contributed by atoms with Crippen LogP contribution in [0.25, 0.3) is 22.2 Å². The molecule has 0 spiro atoms. The number of hydrogen-bond acceptors (Lipinski definition) is 2. The maximum atomic E-state index is 5.92. The van der Waals surface area contributed by atoms with Gasteiger partial charge < -0.3 is 10.7 Å². The van der Waals surface area contributed by atoms with Gasteiger partial charge in [-0.1, -0.05) is 22.0 Å². The summed E-state index contributed by atoms with van der Waals surface area (Å²) in [7, 11) is 0. The van der Waals surface area contributed by atoms with Crippen LogP contribution in [-0.4, -0.2) is 15.2 Å². The number of nitrogen functional groups attached to an aromatic ring is 1. The number of halogens is 1. The fourth-order valence-corrected chi connectivity index (χ4v) is 2.71. The molecule has 0 atom stereocenters. The summed E-state index contributed by atoms with van der Waals surface area (Å²) in [4.78, 5) is 3.35. The first-order valence-electron chi connectivity index (χ1n) is 5.24. The van der Waals surface area contributed by atoms with Crippen LogP contribution in [0, 0.1) is 6.92 Å². The summed E-state index contributed by atoms with van der Waals surface area (Å²) in [5.74, 6) is 0. The molecule has 0 radical (unpaired) electrons. The molecule has 0 saturated carbocycles. The molecule has 1 aromatic carbocycles. The summed E-state index contributed by atoms with van der Waals surface area (Å²) in [5, 5.41) is 8.05. The van der Waals surface area contributed by atoms with Gasteiger partial charge in [-0.25, -0.2) is 0 Å². The van der Waals surface area contributed by atoms with E-state index in [1.54, 1.807) is 6.20 Å². The Morgan fingerprint density at radius 2 is 2.18 bits per heavy atom. The minimum atomic E-state index is 0.657. The number of nitrogens with two attached hydrogens (primary N) is 1. The SMILES string of the molecule is Cc1[nH]c2cccc(Br)c2c1-c1[nH]ncc1N. The molecule has 0 aliphatic heterocycles. The molecule has 4 nitrogen and oxygen atoms in total. The van der Waals surface area contributed by atoms with Crippen molar-refractivity contribution in [3.8, 4) is 11.3 Å². The zero-order valence-electron chi connectivity index (χ0n) is 9.21. The van der Waals surface area contributed by atoms with Crippen LogP contribution in [0.4, 0.5) is 5.69 Å². The van der Waals surface area contributed by atoms with E-state index in [0.29, 0.717) is 5.69 Å². The highest BCUT2D eigenvalue weighted by molar-refractivity contribution is 9.10. The third-order valence-electron chi connectivity index (χ3n) is 2.88. The van der Waals surface area contributed by atoms with Crippen molar-refractivity contribution in [2.45, 2.75) is 6.92 Å². The summed E-state index contributed by atoms with van der Waals surface area (Å²) in [6, 6.07) is 6.07. The van der Waals surface area contributed by atoms with E-state index in [-0.39, 0.29) is 0 Å². The van der Waals surface area contributed by atoms with Gasteiger partial charge in [-0.2, -0.15) is 5.10 Å². The molecule has 86 valence electrons. The Labute approximate surface area is 106 Å². The van der Waals surface area contributed by atoms with E-state index in [4.69, 9.17) is 5.73 Å². The predicted octanol–water partition coefficient (Wildman–Crippen LogP) is 3.21. The lowest BCUT2D eigenvalue weighted by molar-refractivity contribution is 1.09. The van der Waals surface area contributed by atoms with Crippen LogP contribution in [0.2, 0.25) is 0 Å². The number of anilines is 1. The van der Waals surface area contributed by atoms with E-state index in [1.807, 2.05) is 25.1 Å². The molecule has 5 heteroatoms. The molecule has 2 heterocycles. The second-order valence-corrected chi connectivity index (χ2v) is 4.84. The molecule has 0 amide bonds. The number of aryl methyl sites for hydroxylation is 1. The number of nitrogens with zero attached hydrogens (tertiary/aromatic N) is 1. The van der Waals surface area contributed by atoms with E-state index >= 15 is 0 Å². The molecule has 3 rings (SSSR count). The van der Waals surface area contributed by atoms with Crippen molar-refractivity contribution in [2.75, 3.05) is 5.73 Å². The molecular weight excluding hydrogens is 280 g/mol. The second kappa shape index (κ2) is 3.63. The van der Waals surface area contributed by atoms with Gasteiger partial charge in [0, 0.05) is 26.6 Å². The molecule has 0 unspecified atom stereocenters. The molecule has 0 bridgehead atoms. The smallest absolute Gasteiger partial charge is 0.0904 e. The Balaban J connectivity index is 2.44. The summed E-state index contributed by atoms with van der Waals surface area (Å²) >= 11 is 3.58. The lowest BCUT2D eigenvalue weighted by atomic mass is 10.1. The van der Waals surface area contributed by atoms with Crippen molar-refractivity contribution in [3.63, 3.8) is 0 Å². The van der Waals surface area contributed by atoms with Crippen LogP contribution in [0.15, 0.2) is 28.9 Å². The second-order valence-electron chi connectivity index (χ2n) is 3.99. The summed E-state index contributed by atoms with van der Waals surface area (Å²) in [6.45, 7) is 2.03. The Hall–Kier alpha value is -1.75. The summed E-state index contributed by atoms with van der Waals surface area (Å²) < 4.78 is 1.04. The predicted molar refractivity (Wildman–Crippen MR) is 72.7 cm³/mol. The van der Waals surface area contributed by atoms with Crippen molar-refractivity contribution in [2.24, 2.45) is 0 Å². The topological polar surface area (TPSA) is 70.5 Å². The summed E-state index contributed by atoms with van der Waals surface area (Å²) in [6.07, 6.45) is 1.63. The first kappa shape index (κ1) is 10.4. The van der Waals surface area contributed by atoms with E-state index < -0.39 is 0 Å². The van der Waals surface area contributed by atoms with Gasteiger partial charge in [0.15, 0.2) is 0 Å². The molecule has 0 fully saturated rings. The molecule has 0 saturated heterocycles. The van der Waals surface area contributed by atoms with Crippen LogP contribution >= 0.6 is 15.9 Å². The van der Waals surface area contributed by atoms with E-state index in [1.165, 1.54) is 0 Å². The number of rotatable bonds is 1. The van der Waals surface area contributed by atoms with Crippen LogP contribution in [0.5, 0.6) is 0 Å². The van der Waals surface area contributed by atoms with Crippen molar-refractivity contribution < 1.29 is 0 Å². The standard InChI is InChI=1S/C12H11BrN4/c1-6-10(12-8(14)5-15-17-12)11-7(13)3-2-4-9(11)16-6/h2-5,16H,14H2,1H3,(H,15,17). The molecule has 2 aromatic heterocycles. The van der Waals surface area contributed by atoms with Gasteiger partial charge in [-0.15, -0.1) is 0 Å². The van der Waals surface area contributed by atoms with Crippen LogP contribution in [0.1, 0.15) is 5.69 Å². The average Bonchev–Trinajstić information content (AvgIpc) is 2.82. The number of fused-ring (bicyclic) bond motifs is 1. The van der Waals surface area contributed by atoms with Crippen molar-refractivity contribution in [1.82, 2.24) is 15.2 Å². The van der Waals surface area contributed by atoms with E-state index in [0.717, 1.165) is 32.3 Å². The van der Waals surface area contributed by atoms with Gasteiger partial charge >= 0.3 is 0 Å². The first-order valence-corrected chi connectivity index (χ1v) is 6.04. The highest BCUT2D eigenvalue weighted by atomic mass is 79.9. The number of benzene rings is 1. The highest BCUT2D eigenvalue weighted by Crippen LogP contribution is 2.37. The molecule has 0 aliphatic rings. The Kier molecular flexibility index (Phi) is 2.22. The first-order chi connectivity index (χ1) is 8.18. The maximum absolute atomic E-state index is 5.92. The Bertz CT molecular complexity index is 696. The average molecular weight is 291 g/mol. The van der Waals surface area contributed by atoms with E-state index in [2.05, 4.69) is 31.1 Å². The van der Waals surface area contributed by atoms with Gasteiger partial charge in [0.2, 0.25) is 0 Å². The Morgan fingerprint density at radius 1 is 1.35 bits per heavy atom. The zero-order valence-corrected chi connectivity index (χ0v) is 10.8. The molecule has 0 aliphatic carbocycles. The van der Waals surface area contributed by atoms with Gasteiger partial charge in [-0.05, 0) is 19.1 Å². The van der Waals surface area contributed by atoms with Crippen LogP contribution in [0.3, 0.4) is 0 Å². The van der Waals surface area contributed by atoms with Gasteiger partial charge in [0.25, 0.3) is 0 Å². The van der Waals surface area contributed by atoms with Gasteiger partial charge in [0.05, 0.1) is 17.6 Å². The number of aromatic nitrogens is 3. The van der Waals surface area contributed by atoms with E-state index in [9.17, 15) is 0 Å². The number of aromatic amines is 2. The zero-order chi connectivity index (χ0) is 12.0. The fourth-order valence-electron chi connectivity index (χ4n) is 2.14. The number of hydrogen-bond donors (Lipinski definition) is 3. The largest absolute Gasteiger partial charge is 0.396 e. The highest BCUT2D eigenvalue weighted by Gasteiger charge is 2.16. The third-order valence-corrected chi connectivity index (χ3v) is 3.54. The monoisotopic (exact) mass is 290 g/mol.